The van der Waals surface area contributed by atoms with Gasteiger partial charge in [0.25, 0.3) is 0 Å². The molecule has 6 nitrogen and oxygen atoms in total. The molecule has 0 saturated heterocycles. The van der Waals surface area contributed by atoms with Gasteiger partial charge in [-0.2, -0.15) is 0 Å². The summed E-state index contributed by atoms with van der Waals surface area (Å²) in [4.78, 5) is 21.7. The SMILES string of the molecule is C=CCNC(=O)OCC(C)(CC)COC(N)=O. The van der Waals surface area contributed by atoms with Crippen LogP contribution in [0.3, 0.4) is 0 Å². The minimum Gasteiger partial charge on any atom is -0.449 e. The lowest BCUT2D eigenvalue weighted by atomic mass is 9.90. The summed E-state index contributed by atoms with van der Waals surface area (Å²) in [6, 6.07) is 0. The van der Waals surface area contributed by atoms with Crippen molar-refractivity contribution < 1.29 is 19.1 Å². The predicted octanol–water partition coefficient (Wildman–Crippen LogP) is 1.41. The highest BCUT2D eigenvalue weighted by atomic mass is 16.6. The van der Waals surface area contributed by atoms with Gasteiger partial charge in [-0.3, -0.25) is 0 Å². The molecule has 0 aliphatic rings. The topological polar surface area (TPSA) is 90.7 Å². The Kier molecular flexibility index (Phi) is 6.77. The summed E-state index contributed by atoms with van der Waals surface area (Å²) in [6.07, 6.45) is 0.885. The van der Waals surface area contributed by atoms with Gasteiger partial charge in [0.1, 0.15) is 13.2 Å². The van der Waals surface area contributed by atoms with Gasteiger partial charge in [-0.25, -0.2) is 9.59 Å². The Morgan fingerprint density at radius 1 is 1.41 bits per heavy atom. The van der Waals surface area contributed by atoms with Gasteiger partial charge in [0.2, 0.25) is 0 Å². The Morgan fingerprint density at radius 3 is 2.47 bits per heavy atom. The van der Waals surface area contributed by atoms with Crippen LogP contribution in [0.4, 0.5) is 9.59 Å². The van der Waals surface area contributed by atoms with Gasteiger partial charge in [-0.05, 0) is 6.42 Å². The Labute approximate surface area is 101 Å². The van der Waals surface area contributed by atoms with Crippen LogP contribution in [0, 0.1) is 5.41 Å². The molecule has 0 fully saturated rings. The molecule has 0 aromatic rings. The molecule has 98 valence electrons. The zero-order chi connectivity index (χ0) is 13.3. The number of hydrogen-bond donors (Lipinski definition) is 2. The Morgan fingerprint density at radius 2 is 2.00 bits per heavy atom. The van der Waals surface area contributed by atoms with Gasteiger partial charge in [-0.1, -0.05) is 19.9 Å². The van der Waals surface area contributed by atoms with Crippen molar-refractivity contribution in [3.8, 4) is 0 Å². The average molecular weight is 244 g/mol. The van der Waals surface area contributed by atoms with Crippen LogP contribution in [0.5, 0.6) is 0 Å². The number of nitrogens with two attached hydrogens (primary N) is 1. The van der Waals surface area contributed by atoms with Crippen LogP contribution in [-0.4, -0.2) is 31.9 Å². The number of amides is 2. The molecule has 1 unspecified atom stereocenters. The zero-order valence-corrected chi connectivity index (χ0v) is 10.3. The van der Waals surface area contributed by atoms with E-state index in [2.05, 4.69) is 11.9 Å². The van der Waals surface area contributed by atoms with E-state index in [4.69, 9.17) is 15.2 Å². The van der Waals surface area contributed by atoms with Crippen molar-refractivity contribution in [3.63, 3.8) is 0 Å². The number of ether oxygens (including phenoxy) is 2. The monoisotopic (exact) mass is 244 g/mol. The largest absolute Gasteiger partial charge is 0.449 e. The molecule has 3 N–H and O–H groups in total. The third-order valence-electron chi connectivity index (χ3n) is 2.36. The maximum atomic E-state index is 11.2. The molecule has 0 rings (SSSR count). The van der Waals surface area contributed by atoms with Crippen molar-refractivity contribution in [2.24, 2.45) is 11.1 Å². The standard InChI is InChI=1S/C11H20N2O4/c1-4-6-13-10(15)17-8-11(3,5-2)7-16-9(12)14/h4H,1,5-8H2,2-3H3,(H2,12,14)(H,13,15). The Bertz CT molecular complexity index is 281. The van der Waals surface area contributed by atoms with Crippen LogP contribution in [0.2, 0.25) is 0 Å². The van der Waals surface area contributed by atoms with E-state index in [0.717, 1.165) is 0 Å². The molecule has 17 heavy (non-hydrogen) atoms. The van der Waals surface area contributed by atoms with E-state index in [-0.39, 0.29) is 13.2 Å². The highest BCUT2D eigenvalue weighted by Crippen LogP contribution is 2.21. The van der Waals surface area contributed by atoms with Gasteiger partial charge in [-0.15, -0.1) is 6.58 Å². The quantitative estimate of drug-likeness (QED) is 0.662. The van der Waals surface area contributed by atoms with Crippen molar-refractivity contribution in [1.82, 2.24) is 5.32 Å². The zero-order valence-electron chi connectivity index (χ0n) is 10.3. The van der Waals surface area contributed by atoms with Crippen LogP contribution in [0.15, 0.2) is 12.7 Å². The Hall–Kier alpha value is -1.72. The number of alkyl carbamates (subject to hydrolysis) is 1. The first-order valence-corrected chi connectivity index (χ1v) is 5.37. The second-order valence-electron chi connectivity index (χ2n) is 4.02. The number of carbonyl (C=O) groups excluding carboxylic acids is 2. The second kappa shape index (κ2) is 7.54. The molecule has 0 aromatic heterocycles. The van der Waals surface area contributed by atoms with Gasteiger partial charge in [0.15, 0.2) is 0 Å². The number of carbonyl (C=O) groups is 2. The summed E-state index contributed by atoms with van der Waals surface area (Å²) >= 11 is 0. The lowest BCUT2D eigenvalue weighted by Gasteiger charge is -2.26. The van der Waals surface area contributed by atoms with Crippen molar-refractivity contribution in [2.45, 2.75) is 20.3 Å². The van der Waals surface area contributed by atoms with E-state index in [1.54, 1.807) is 6.08 Å². The summed E-state index contributed by atoms with van der Waals surface area (Å²) in [5, 5.41) is 2.48. The smallest absolute Gasteiger partial charge is 0.407 e. The predicted molar refractivity (Wildman–Crippen MR) is 63.5 cm³/mol. The summed E-state index contributed by atoms with van der Waals surface area (Å²) < 4.78 is 9.72. The van der Waals surface area contributed by atoms with E-state index in [1.807, 2.05) is 13.8 Å². The molecule has 0 aliphatic carbocycles. The summed E-state index contributed by atoms with van der Waals surface area (Å²) in [6.45, 7) is 7.84. The average Bonchev–Trinajstić information content (AvgIpc) is 2.31. The number of rotatable bonds is 7. The molecule has 0 bridgehead atoms. The molecular formula is C11H20N2O4. The lowest BCUT2D eigenvalue weighted by Crippen LogP contribution is -2.34. The van der Waals surface area contributed by atoms with Gasteiger partial charge < -0.3 is 20.5 Å². The van der Waals surface area contributed by atoms with Crippen molar-refractivity contribution in [1.29, 1.82) is 0 Å². The molecular weight excluding hydrogens is 224 g/mol. The van der Waals surface area contributed by atoms with Crippen LogP contribution in [0.1, 0.15) is 20.3 Å². The van der Waals surface area contributed by atoms with Crippen LogP contribution in [0.25, 0.3) is 0 Å². The fourth-order valence-corrected chi connectivity index (χ4v) is 0.937. The lowest BCUT2D eigenvalue weighted by molar-refractivity contribution is 0.0374. The van der Waals surface area contributed by atoms with Gasteiger partial charge in [0, 0.05) is 12.0 Å². The summed E-state index contributed by atoms with van der Waals surface area (Å²) in [7, 11) is 0. The fourth-order valence-electron chi connectivity index (χ4n) is 0.937. The van der Waals surface area contributed by atoms with E-state index in [9.17, 15) is 9.59 Å². The van der Waals surface area contributed by atoms with Crippen LogP contribution >= 0.6 is 0 Å². The summed E-state index contributed by atoms with van der Waals surface area (Å²) in [5.74, 6) is 0. The third kappa shape index (κ3) is 7.21. The fraction of sp³-hybridized carbons (Fsp3) is 0.636. The second-order valence-corrected chi connectivity index (χ2v) is 4.02. The molecule has 0 aliphatic heterocycles. The molecule has 0 heterocycles. The van der Waals surface area contributed by atoms with E-state index in [1.165, 1.54) is 0 Å². The van der Waals surface area contributed by atoms with E-state index < -0.39 is 17.6 Å². The highest BCUT2D eigenvalue weighted by molar-refractivity contribution is 5.67. The first-order chi connectivity index (χ1) is 7.93. The third-order valence-corrected chi connectivity index (χ3v) is 2.36. The molecule has 0 aromatic carbocycles. The molecule has 0 saturated carbocycles. The van der Waals surface area contributed by atoms with Gasteiger partial charge in [0.05, 0.1) is 0 Å². The van der Waals surface area contributed by atoms with Crippen molar-refractivity contribution >= 4 is 12.2 Å². The molecule has 6 heteroatoms. The molecule has 1 atom stereocenters. The number of primary amides is 1. The van der Waals surface area contributed by atoms with E-state index >= 15 is 0 Å². The maximum absolute atomic E-state index is 11.2. The van der Waals surface area contributed by atoms with Crippen molar-refractivity contribution in [2.75, 3.05) is 19.8 Å². The minimum atomic E-state index is -0.833. The number of nitrogens with one attached hydrogen (secondary N) is 1. The first kappa shape index (κ1) is 15.3. The van der Waals surface area contributed by atoms with Gasteiger partial charge >= 0.3 is 12.2 Å². The Balaban J connectivity index is 4.05. The molecule has 0 spiro atoms. The normalized spacial score (nSPS) is 13.3. The molecule has 2 amide bonds. The highest BCUT2D eigenvalue weighted by Gasteiger charge is 2.26. The molecule has 0 radical (unpaired) electrons. The first-order valence-electron chi connectivity index (χ1n) is 5.37. The van der Waals surface area contributed by atoms with E-state index in [0.29, 0.717) is 13.0 Å². The summed E-state index contributed by atoms with van der Waals surface area (Å²) in [5.41, 5.74) is 4.45. The van der Waals surface area contributed by atoms with Crippen LogP contribution < -0.4 is 11.1 Å². The maximum Gasteiger partial charge on any atom is 0.407 e. The van der Waals surface area contributed by atoms with Crippen molar-refractivity contribution in [3.05, 3.63) is 12.7 Å². The minimum absolute atomic E-state index is 0.119. The number of hydrogen-bond acceptors (Lipinski definition) is 4. The van der Waals surface area contributed by atoms with Crippen LogP contribution in [-0.2, 0) is 9.47 Å².